The van der Waals surface area contributed by atoms with Crippen molar-refractivity contribution in [3.8, 4) is 28.6 Å². The molecule has 0 bridgehead atoms. The summed E-state index contributed by atoms with van der Waals surface area (Å²) in [5.41, 5.74) is -11.4. The van der Waals surface area contributed by atoms with Crippen LogP contribution in [0.1, 0.15) is 35.2 Å². The molecule has 1 amide bonds. The molecule has 318 valence electrons. The average Bonchev–Trinajstić information content (AvgIpc) is 4.03. The van der Waals surface area contributed by atoms with Gasteiger partial charge in [-0.3, -0.25) is 9.69 Å². The third-order valence-corrected chi connectivity index (χ3v) is 9.07. The quantitative estimate of drug-likeness (QED) is 0.0418. The molecule has 2 heterocycles. The molecule has 2 unspecified atom stereocenters. The van der Waals surface area contributed by atoms with Gasteiger partial charge in [0.05, 0.1) is 41.1 Å². The Morgan fingerprint density at radius 3 is 2.19 bits per heavy atom. The number of aliphatic hydroxyl groups excluding tert-OH is 1. The second-order valence-corrected chi connectivity index (χ2v) is 13.3. The summed E-state index contributed by atoms with van der Waals surface area (Å²) in [6.45, 7) is -1.29. The molecule has 0 radical (unpaired) electrons. The van der Waals surface area contributed by atoms with Gasteiger partial charge in [0.15, 0.2) is 18.8 Å². The lowest BCUT2D eigenvalue weighted by atomic mass is 9.93. The molecule has 59 heavy (non-hydrogen) atoms. The minimum absolute atomic E-state index is 0.0312. The Balaban J connectivity index is 1.34. The lowest BCUT2D eigenvalue weighted by Crippen LogP contribution is -2.50. The standard InChI is InChI=1S/C34H24Cl2F10N4O9/c35-21-3-2-17(18-13-48-50(14-18)26-22(36)11-19(12-24(26)59-34(44,45)46)31(37,32(38,39)40)33(41,42)43)10-20(21)27(52)49(30(15-47)6-7-30)16-57-29(54)56-9-1-8-55-25(51)5-4-23-28(53)58-23/h2-5,10-14,23,28,53H,1,6-9,16H2/b5-4+. The molecule has 0 spiro atoms. The number of alkyl halides is 10. The van der Waals surface area contributed by atoms with Crippen molar-refractivity contribution in [1.29, 1.82) is 5.26 Å². The van der Waals surface area contributed by atoms with Gasteiger partial charge in [-0.15, -0.1) is 13.2 Å². The molecular formula is C34H24Cl2F10N4O9. The fourth-order valence-electron chi connectivity index (χ4n) is 5.25. The van der Waals surface area contributed by atoms with Crippen molar-refractivity contribution in [2.24, 2.45) is 0 Å². The lowest BCUT2D eigenvalue weighted by molar-refractivity contribution is -0.348. The molecular weight excluding hydrogens is 869 g/mol. The van der Waals surface area contributed by atoms with Gasteiger partial charge in [-0.05, 0) is 48.7 Å². The number of hydrogen-bond acceptors (Lipinski definition) is 11. The largest absolute Gasteiger partial charge is 0.573 e. The van der Waals surface area contributed by atoms with Crippen LogP contribution in [0.5, 0.6) is 5.75 Å². The summed E-state index contributed by atoms with van der Waals surface area (Å²) < 4.78 is 159. The monoisotopic (exact) mass is 892 g/mol. The molecule has 1 aromatic heterocycles. The summed E-state index contributed by atoms with van der Waals surface area (Å²) in [6, 6.07) is 4.88. The summed E-state index contributed by atoms with van der Waals surface area (Å²) in [5.74, 6) is -3.50. The highest BCUT2D eigenvalue weighted by molar-refractivity contribution is 6.34. The smallest absolute Gasteiger partial charge is 0.462 e. The topological polar surface area (TPSA) is 166 Å². The van der Waals surface area contributed by atoms with E-state index in [0.717, 1.165) is 29.4 Å². The second kappa shape index (κ2) is 16.7. The first-order valence-electron chi connectivity index (χ1n) is 16.4. The predicted molar refractivity (Wildman–Crippen MR) is 177 cm³/mol. The zero-order valence-electron chi connectivity index (χ0n) is 29.1. The van der Waals surface area contributed by atoms with E-state index in [1.807, 2.05) is 6.07 Å². The highest BCUT2D eigenvalue weighted by Gasteiger charge is 2.73. The summed E-state index contributed by atoms with van der Waals surface area (Å²) in [7, 11) is 0. The number of aliphatic hydroxyl groups is 1. The molecule has 1 aliphatic heterocycles. The van der Waals surface area contributed by atoms with E-state index in [-0.39, 0.29) is 60.3 Å². The first kappa shape index (κ1) is 44.8. The zero-order chi connectivity index (χ0) is 43.7. The molecule has 2 aliphatic rings. The molecule has 2 atom stereocenters. The number of aromatic nitrogens is 2. The van der Waals surface area contributed by atoms with Crippen LogP contribution in [0.4, 0.5) is 48.7 Å². The number of amides is 1. The predicted octanol–water partition coefficient (Wildman–Crippen LogP) is 7.85. The van der Waals surface area contributed by atoms with Gasteiger partial charge in [-0.1, -0.05) is 29.3 Å². The Morgan fingerprint density at radius 2 is 1.61 bits per heavy atom. The Morgan fingerprint density at radius 1 is 0.966 bits per heavy atom. The normalized spacial score (nSPS) is 17.6. The molecule has 1 aliphatic carbocycles. The lowest BCUT2D eigenvalue weighted by Gasteiger charge is -2.31. The van der Waals surface area contributed by atoms with E-state index in [1.54, 1.807) is 0 Å². The number of halogens is 12. The molecule has 25 heteroatoms. The average molecular weight is 893 g/mol. The molecule has 13 nitrogen and oxygen atoms in total. The fourth-order valence-corrected chi connectivity index (χ4v) is 5.75. The Kier molecular flexibility index (Phi) is 12.7. The van der Waals surface area contributed by atoms with Crippen molar-refractivity contribution in [1.82, 2.24) is 14.7 Å². The van der Waals surface area contributed by atoms with Gasteiger partial charge < -0.3 is 28.8 Å². The third-order valence-electron chi connectivity index (χ3n) is 8.46. The van der Waals surface area contributed by atoms with Crippen LogP contribution in [0.15, 0.2) is 54.9 Å². The van der Waals surface area contributed by atoms with E-state index in [9.17, 15) is 63.5 Å². The van der Waals surface area contributed by atoms with Gasteiger partial charge >= 0.3 is 36.5 Å². The minimum atomic E-state index is -6.71. The number of nitriles is 1. The van der Waals surface area contributed by atoms with E-state index < -0.39 is 95.2 Å². The summed E-state index contributed by atoms with van der Waals surface area (Å²) in [5, 5.41) is 21.2. The summed E-state index contributed by atoms with van der Waals surface area (Å²) in [6.07, 6.45) is -17.5. The number of epoxide rings is 1. The van der Waals surface area contributed by atoms with Crippen molar-refractivity contribution < 1.29 is 87.1 Å². The maximum absolute atomic E-state index is 14.8. The number of esters is 1. The maximum atomic E-state index is 14.8. The zero-order valence-corrected chi connectivity index (χ0v) is 30.6. The van der Waals surface area contributed by atoms with Crippen molar-refractivity contribution in [2.75, 3.05) is 19.9 Å². The van der Waals surface area contributed by atoms with Gasteiger partial charge in [-0.25, -0.2) is 18.7 Å². The van der Waals surface area contributed by atoms with Crippen LogP contribution >= 0.6 is 23.2 Å². The maximum Gasteiger partial charge on any atom is 0.573 e. The molecule has 5 rings (SSSR count). The summed E-state index contributed by atoms with van der Waals surface area (Å²) in [4.78, 5) is 38.6. The van der Waals surface area contributed by atoms with Gasteiger partial charge in [0.25, 0.3) is 5.91 Å². The van der Waals surface area contributed by atoms with E-state index in [1.165, 1.54) is 18.2 Å². The van der Waals surface area contributed by atoms with Gasteiger partial charge in [0, 0.05) is 29.8 Å². The number of nitrogens with zero attached hydrogens (tertiary/aromatic N) is 4. The van der Waals surface area contributed by atoms with Gasteiger partial charge in [-0.2, -0.15) is 36.7 Å². The van der Waals surface area contributed by atoms with Crippen LogP contribution in [-0.4, -0.2) is 94.4 Å². The van der Waals surface area contributed by atoms with Crippen LogP contribution in [0.3, 0.4) is 0 Å². The molecule has 1 saturated heterocycles. The van der Waals surface area contributed by atoms with E-state index in [4.69, 9.17) is 42.5 Å². The minimum Gasteiger partial charge on any atom is -0.462 e. The molecule has 2 fully saturated rings. The molecule has 3 aromatic rings. The number of hydrogen-bond donors (Lipinski definition) is 1. The van der Waals surface area contributed by atoms with Gasteiger partial charge in [0.2, 0.25) is 0 Å². The number of carbonyl (C=O) groups is 3. The SMILES string of the molecule is N#CC1(N(COC(=O)OCCCOC(=O)/C=C/C2OC2O)C(=O)c2cc(-c3cnn(-c4c(Cl)cc(C(F)(C(F)(F)F)C(F)(F)F)cc4OC(F)(F)F)c3)ccc2Cl)CC1. The van der Waals surface area contributed by atoms with E-state index >= 15 is 0 Å². The van der Waals surface area contributed by atoms with Crippen molar-refractivity contribution in [3.05, 3.63) is 76.0 Å². The number of ether oxygens (including phenoxy) is 5. The number of benzene rings is 2. The van der Waals surface area contributed by atoms with E-state index in [0.29, 0.717) is 4.68 Å². The van der Waals surface area contributed by atoms with Crippen LogP contribution in [-0.2, 0) is 29.4 Å². The molecule has 1 N–H and O–H groups in total. The van der Waals surface area contributed by atoms with E-state index in [2.05, 4.69) is 14.6 Å². The second-order valence-electron chi connectivity index (χ2n) is 12.5. The third kappa shape index (κ3) is 10.1. The van der Waals surface area contributed by atoms with Gasteiger partial charge in [0.1, 0.15) is 17.3 Å². The number of rotatable bonds is 14. The highest BCUT2D eigenvalue weighted by atomic mass is 35.5. The Bertz CT molecular complexity index is 2150. The van der Waals surface area contributed by atoms with Crippen LogP contribution in [0.25, 0.3) is 16.8 Å². The summed E-state index contributed by atoms with van der Waals surface area (Å²) >= 11 is 12.2. The van der Waals surface area contributed by atoms with Crippen molar-refractivity contribution in [3.63, 3.8) is 0 Å². The van der Waals surface area contributed by atoms with Crippen molar-refractivity contribution in [2.45, 2.75) is 61.6 Å². The fraction of sp³-hybridized carbons (Fsp3) is 0.382. The highest BCUT2D eigenvalue weighted by Crippen LogP contribution is 2.55. The Hall–Kier alpha value is -5.31. The van der Waals surface area contributed by atoms with Crippen LogP contribution in [0.2, 0.25) is 10.0 Å². The molecule has 2 aromatic carbocycles. The van der Waals surface area contributed by atoms with Crippen molar-refractivity contribution >= 4 is 41.2 Å². The first-order chi connectivity index (χ1) is 27.4. The van der Waals surface area contributed by atoms with Crippen LogP contribution < -0.4 is 4.74 Å². The first-order valence-corrected chi connectivity index (χ1v) is 17.1. The Labute approximate surface area is 334 Å². The van der Waals surface area contributed by atoms with Crippen LogP contribution in [0, 0.1) is 11.3 Å². The number of carbonyl (C=O) groups excluding carboxylic acids is 3. The molecule has 1 saturated carbocycles.